The number of nitrogens with one attached hydrogen (secondary N) is 1. The molecule has 0 spiro atoms. The number of methoxy groups -OCH3 is 1. The molecule has 0 aromatic heterocycles. The van der Waals surface area contributed by atoms with Crippen molar-refractivity contribution >= 4 is 0 Å². The van der Waals surface area contributed by atoms with E-state index in [2.05, 4.69) is 31.3 Å². The molecule has 0 radical (unpaired) electrons. The van der Waals surface area contributed by atoms with Gasteiger partial charge in [-0.3, -0.25) is 0 Å². The summed E-state index contributed by atoms with van der Waals surface area (Å²) < 4.78 is 5.46. The Morgan fingerprint density at radius 1 is 1.33 bits per heavy atom. The fraction of sp³-hybridized carbons (Fsp3) is 0.625. The summed E-state index contributed by atoms with van der Waals surface area (Å²) in [5.74, 6) is 0.996. The second-order valence-electron chi connectivity index (χ2n) is 5.75. The molecule has 2 nitrogen and oxygen atoms in total. The predicted molar refractivity (Wildman–Crippen MR) is 76.0 cm³/mol. The molecule has 0 bridgehead atoms. The van der Waals surface area contributed by atoms with Gasteiger partial charge in [-0.15, -0.1) is 0 Å². The van der Waals surface area contributed by atoms with Crippen molar-refractivity contribution in [3.05, 3.63) is 29.8 Å². The maximum Gasteiger partial charge on any atom is 0.123 e. The Labute approximate surface area is 111 Å². The second-order valence-corrected chi connectivity index (χ2v) is 5.75. The van der Waals surface area contributed by atoms with Crippen LogP contribution in [0.25, 0.3) is 0 Å². The third kappa shape index (κ3) is 2.86. The van der Waals surface area contributed by atoms with E-state index in [0.717, 1.165) is 18.7 Å². The zero-order chi connectivity index (χ0) is 13.0. The molecule has 1 saturated carbocycles. The summed E-state index contributed by atoms with van der Waals surface area (Å²) in [6.45, 7) is 5.73. The highest BCUT2D eigenvalue weighted by atomic mass is 16.5. The number of benzene rings is 1. The van der Waals surface area contributed by atoms with Crippen molar-refractivity contribution < 1.29 is 4.74 Å². The van der Waals surface area contributed by atoms with E-state index in [1.54, 1.807) is 7.11 Å². The van der Waals surface area contributed by atoms with Crippen LogP contribution in [0.1, 0.15) is 51.1 Å². The number of ether oxygens (including phenoxy) is 1. The van der Waals surface area contributed by atoms with Gasteiger partial charge in [-0.25, -0.2) is 0 Å². The molecule has 1 atom stereocenters. The van der Waals surface area contributed by atoms with Gasteiger partial charge in [0.05, 0.1) is 7.11 Å². The van der Waals surface area contributed by atoms with Gasteiger partial charge in [0.2, 0.25) is 0 Å². The molecule has 0 amide bonds. The highest BCUT2D eigenvalue weighted by Crippen LogP contribution is 2.40. The van der Waals surface area contributed by atoms with Crippen molar-refractivity contribution in [3.8, 4) is 5.75 Å². The average Bonchev–Trinajstić information content (AvgIpc) is 2.38. The highest BCUT2D eigenvalue weighted by molar-refractivity contribution is 5.35. The molecule has 1 aliphatic carbocycles. The maximum absolute atomic E-state index is 5.46. The summed E-state index contributed by atoms with van der Waals surface area (Å²) in [4.78, 5) is 0. The Morgan fingerprint density at radius 2 is 2.06 bits per heavy atom. The standard InChI is InChI=1S/C16H25NO/c1-4-14(17-12-16(2)10-7-11-16)13-8-5-6-9-15(13)18-3/h5-6,8-9,14,17H,4,7,10-12H2,1-3H3. The van der Waals surface area contributed by atoms with Crippen molar-refractivity contribution in [3.63, 3.8) is 0 Å². The summed E-state index contributed by atoms with van der Waals surface area (Å²) in [6, 6.07) is 8.74. The SMILES string of the molecule is CCC(NCC1(C)CCC1)c1ccccc1OC. The van der Waals surface area contributed by atoms with Crippen LogP contribution in [0.3, 0.4) is 0 Å². The maximum atomic E-state index is 5.46. The fourth-order valence-corrected chi connectivity index (χ4v) is 2.76. The molecule has 0 saturated heterocycles. The van der Waals surface area contributed by atoms with E-state index in [1.807, 2.05) is 12.1 Å². The first kappa shape index (κ1) is 13.4. The average molecular weight is 247 g/mol. The van der Waals surface area contributed by atoms with Gasteiger partial charge < -0.3 is 10.1 Å². The van der Waals surface area contributed by atoms with Crippen molar-refractivity contribution in [2.75, 3.05) is 13.7 Å². The summed E-state index contributed by atoms with van der Waals surface area (Å²) >= 11 is 0. The van der Waals surface area contributed by atoms with E-state index < -0.39 is 0 Å². The van der Waals surface area contributed by atoms with Gasteiger partial charge in [-0.1, -0.05) is 38.5 Å². The van der Waals surface area contributed by atoms with E-state index >= 15 is 0 Å². The van der Waals surface area contributed by atoms with E-state index in [9.17, 15) is 0 Å². The summed E-state index contributed by atoms with van der Waals surface area (Å²) in [5.41, 5.74) is 1.81. The third-order valence-corrected chi connectivity index (χ3v) is 4.26. The molecule has 1 unspecified atom stereocenters. The highest BCUT2D eigenvalue weighted by Gasteiger charge is 2.32. The van der Waals surface area contributed by atoms with Crippen LogP contribution in [0.5, 0.6) is 5.75 Å². The molecule has 18 heavy (non-hydrogen) atoms. The second kappa shape index (κ2) is 5.75. The van der Waals surface area contributed by atoms with Crippen molar-refractivity contribution in [2.24, 2.45) is 5.41 Å². The minimum Gasteiger partial charge on any atom is -0.496 e. The van der Waals surface area contributed by atoms with Gasteiger partial charge in [0.1, 0.15) is 5.75 Å². The van der Waals surface area contributed by atoms with Gasteiger partial charge in [-0.2, -0.15) is 0 Å². The van der Waals surface area contributed by atoms with Crippen molar-refractivity contribution in [1.82, 2.24) is 5.32 Å². The van der Waals surface area contributed by atoms with Crippen LogP contribution in [-0.2, 0) is 0 Å². The van der Waals surface area contributed by atoms with Crippen LogP contribution in [0.15, 0.2) is 24.3 Å². The molecule has 2 rings (SSSR count). The van der Waals surface area contributed by atoms with E-state index in [-0.39, 0.29) is 0 Å². The lowest BCUT2D eigenvalue weighted by Gasteiger charge is -2.39. The van der Waals surface area contributed by atoms with Crippen molar-refractivity contribution in [1.29, 1.82) is 0 Å². The molecule has 1 fully saturated rings. The number of hydrogen-bond donors (Lipinski definition) is 1. The predicted octanol–water partition coefficient (Wildman–Crippen LogP) is 3.93. The smallest absolute Gasteiger partial charge is 0.123 e. The van der Waals surface area contributed by atoms with Gasteiger partial charge in [-0.05, 0) is 30.7 Å². The lowest BCUT2D eigenvalue weighted by molar-refractivity contribution is 0.150. The Morgan fingerprint density at radius 3 is 2.61 bits per heavy atom. The molecule has 0 aliphatic heterocycles. The molecule has 100 valence electrons. The summed E-state index contributed by atoms with van der Waals surface area (Å²) in [5, 5.41) is 3.72. The minimum absolute atomic E-state index is 0.401. The first-order valence-corrected chi connectivity index (χ1v) is 7.05. The van der Waals surface area contributed by atoms with Gasteiger partial charge in [0.15, 0.2) is 0 Å². The number of rotatable bonds is 6. The fourth-order valence-electron chi connectivity index (χ4n) is 2.76. The van der Waals surface area contributed by atoms with Gasteiger partial charge in [0, 0.05) is 18.2 Å². The third-order valence-electron chi connectivity index (χ3n) is 4.26. The molecule has 2 heteroatoms. The van der Waals surface area contributed by atoms with E-state index in [1.165, 1.54) is 24.8 Å². The normalized spacial score (nSPS) is 19.1. The first-order valence-electron chi connectivity index (χ1n) is 7.05. The Kier molecular flexibility index (Phi) is 4.28. The lowest BCUT2D eigenvalue weighted by atomic mass is 9.70. The molecule has 1 aliphatic rings. The van der Waals surface area contributed by atoms with E-state index in [4.69, 9.17) is 4.74 Å². The minimum atomic E-state index is 0.401. The summed E-state index contributed by atoms with van der Waals surface area (Å²) in [7, 11) is 1.75. The molecular formula is C16H25NO. The molecule has 1 aromatic carbocycles. The quantitative estimate of drug-likeness (QED) is 0.822. The van der Waals surface area contributed by atoms with Crippen LogP contribution in [0, 0.1) is 5.41 Å². The van der Waals surface area contributed by atoms with Crippen LogP contribution >= 0.6 is 0 Å². The molecule has 1 aromatic rings. The zero-order valence-corrected chi connectivity index (χ0v) is 11.8. The monoisotopic (exact) mass is 247 g/mol. The van der Waals surface area contributed by atoms with E-state index in [0.29, 0.717) is 11.5 Å². The molecular weight excluding hydrogens is 222 g/mol. The Hall–Kier alpha value is -1.02. The Balaban J connectivity index is 2.03. The van der Waals surface area contributed by atoms with Crippen LogP contribution in [0.2, 0.25) is 0 Å². The first-order chi connectivity index (χ1) is 8.68. The largest absolute Gasteiger partial charge is 0.496 e. The van der Waals surface area contributed by atoms with Crippen LogP contribution in [0.4, 0.5) is 0 Å². The van der Waals surface area contributed by atoms with Crippen LogP contribution < -0.4 is 10.1 Å². The van der Waals surface area contributed by atoms with Crippen molar-refractivity contribution in [2.45, 2.75) is 45.6 Å². The van der Waals surface area contributed by atoms with Gasteiger partial charge >= 0.3 is 0 Å². The van der Waals surface area contributed by atoms with Gasteiger partial charge in [0.25, 0.3) is 0 Å². The number of para-hydroxylation sites is 1. The zero-order valence-electron chi connectivity index (χ0n) is 11.8. The number of hydrogen-bond acceptors (Lipinski definition) is 2. The lowest BCUT2D eigenvalue weighted by Crippen LogP contribution is -2.38. The topological polar surface area (TPSA) is 21.3 Å². The molecule has 1 N–H and O–H groups in total. The molecule has 0 heterocycles. The van der Waals surface area contributed by atoms with Crippen LogP contribution in [-0.4, -0.2) is 13.7 Å². The Bertz CT molecular complexity index is 384. The summed E-state index contributed by atoms with van der Waals surface area (Å²) in [6.07, 6.45) is 5.21.